The van der Waals surface area contributed by atoms with Gasteiger partial charge >= 0.3 is 0 Å². The van der Waals surface area contributed by atoms with E-state index in [1.54, 1.807) is 38.4 Å². The first-order valence-corrected chi connectivity index (χ1v) is 9.22. The van der Waals surface area contributed by atoms with Gasteiger partial charge < -0.3 is 0 Å². The zero-order valence-corrected chi connectivity index (χ0v) is 15.9. The first kappa shape index (κ1) is 18.2. The van der Waals surface area contributed by atoms with Gasteiger partial charge in [-0.15, -0.1) is 0 Å². The molecule has 3 aromatic heterocycles. The standard InChI is InChI=1S/C19H15F2N5OS/c1-11-7-15(25(2)24-11)18(27)26(10-13-5-3-4-6-22-13)19-23-17-14(21)8-12(20)9-16(17)28-19/h3-9H,10H2,1-2H3. The van der Waals surface area contributed by atoms with Crippen molar-refractivity contribution in [3.8, 4) is 0 Å². The number of thiazole rings is 1. The van der Waals surface area contributed by atoms with Crippen molar-refractivity contribution < 1.29 is 13.6 Å². The molecule has 0 spiro atoms. The molecule has 0 aliphatic carbocycles. The second kappa shape index (κ2) is 7.08. The van der Waals surface area contributed by atoms with E-state index < -0.39 is 11.6 Å². The van der Waals surface area contributed by atoms with E-state index in [4.69, 9.17) is 0 Å². The van der Waals surface area contributed by atoms with Crippen LogP contribution >= 0.6 is 11.3 Å². The van der Waals surface area contributed by atoms with Crippen LogP contribution in [0.2, 0.25) is 0 Å². The molecule has 1 amide bonds. The maximum absolute atomic E-state index is 14.1. The largest absolute Gasteiger partial charge is 0.278 e. The average Bonchev–Trinajstić information content (AvgIpc) is 3.22. The van der Waals surface area contributed by atoms with Crippen LogP contribution in [0.25, 0.3) is 10.2 Å². The van der Waals surface area contributed by atoms with Crippen molar-refractivity contribution in [3.63, 3.8) is 0 Å². The number of fused-ring (bicyclic) bond motifs is 1. The first-order valence-electron chi connectivity index (χ1n) is 8.40. The van der Waals surface area contributed by atoms with Crippen LogP contribution in [-0.2, 0) is 13.6 Å². The van der Waals surface area contributed by atoms with Gasteiger partial charge in [0.15, 0.2) is 10.9 Å². The molecule has 9 heteroatoms. The molecule has 3 heterocycles. The second-order valence-corrected chi connectivity index (χ2v) is 7.25. The molecule has 0 unspecified atom stereocenters. The third kappa shape index (κ3) is 3.36. The summed E-state index contributed by atoms with van der Waals surface area (Å²) in [6.07, 6.45) is 1.62. The third-order valence-corrected chi connectivity index (χ3v) is 5.17. The van der Waals surface area contributed by atoms with Crippen molar-refractivity contribution >= 4 is 32.6 Å². The fourth-order valence-electron chi connectivity index (χ4n) is 2.89. The van der Waals surface area contributed by atoms with Crippen LogP contribution in [0.4, 0.5) is 13.9 Å². The Hall–Kier alpha value is -3.20. The number of carbonyl (C=O) groups excluding carboxylic acids is 1. The summed E-state index contributed by atoms with van der Waals surface area (Å²) >= 11 is 1.05. The molecule has 4 rings (SSSR count). The quantitative estimate of drug-likeness (QED) is 0.523. The molecule has 0 saturated heterocycles. The summed E-state index contributed by atoms with van der Waals surface area (Å²) in [7, 11) is 1.67. The zero-order chi connectivity index (χ0) is 19.8. The van der Waals surface area contributed by atoms with Gasteiger partial charge in [0.05, 0.1) is 22.6 Å². The smallest absolute Gasteiger partial charge is 0.277 e. The number of pyridine rings is 1. The van der Waals surface area contributed by atoms with Crippen molar-refractivity contribution in [2.75, 3.05) is 4.90 Å². The van der Waals surface area contributed by atoms with Gasteiger partial charge in [0.25, 0.3) is 5.91 Å². The number of nitrogens with zero attached hydrogens (tertiary/aromatic N) is 5. The number of rotatable bonds is 4. The number of aryl methyl sites for hydroxylation is 2. The monoisotopic (exact) mass is 399 g/mol. The Bertz CT molecular complexity index is 1170. The van der Waals surface area contributed by atoms with Gasteiger partial charge in [-0.2, -0.15) is 5.10 Å². The van der Waals surface area contributed by atoms with Crippen molar-refractivity contribution in [3.05, 3.63) is 71.3 Å². The van der Waals surface area contributed by atoms with Crippen LogP contribution < -0.4 is 4.90 Å². The maximum atomic E-state index is 14.1. The second-order valence-electron chi connectivity index (χ2n) is 6.24. The Balaban J connectivity index is 1.82. The molecule has 0 bridgehead atoms. The van der Waals surface area contributed by atoms with E-state index in [0.717, 1.165) is 17.4 Å². The van der Waals surface area contributed by atoms with E-state index in [0.29, 0.717) is 21.8 Å². The van der Waals surface area contributed by atoms with Crippen LogP contribution in [-0.4, -0.2) is 25.7 Å². The number of amides is 1. The Labute approximate surface area is 163 Å². The van der Waals surface area contributed by atoms with Crippen LogP contribution in [0.15, 0.2) is 42.6 Å². The molecular formula is C19H15F2N5OS. The molecule has 0 aliphatic rings. The van der Waals surface area contributed by atoms with Crippen LogP contribution in [0.5, 0.6) is 0 Å². The van der Waals surface area contributed by atoms with E-state index in [9.17, 15) is 13.6 Å². The molecule has 4 aromatic rings. The van der Waals surface area contributed by atoms with Gasteiger partial charge in [-0.25, -0.2) is 13.8 Å². The van der Waals surface area contributed by atoms with Crippen LogP contribution in [0, 0.1) is 18.6 Å². The highest BCUT2D eigenvalue weighted by Crippen LogP contribution is 2.32. The summed E-state index contributed by atoms with van der Waals surface area (Å²) in [5, 5.41) is 4.47. The lowest BCUT2D eigenvalue weighted by atomic mass is 10.3. The highest BCUT2D eigenvalue weighted by molar-refractivity contribution is 7.22. The summed E-state index contributed by atoms with van der Waals surface area (Å²) < 4.78 is 29.5. The average molecular weight is 399 g/mol. The first-order chi connectivity index (χ1) is 13.4. The van der Waals surface area contributed by atoms with Crippen molar-refractivity contribution in [2.45, 2.75) is 13.5 Å². The van der Waals surface area contributed by atoms with E-state index in [1.165, 1.54) is 15.6 Å². The normalized spacial score (nSPS) is 11.1. The van der Waals surface area contributed by atoms with Crippen molar-refractivity contribution in [1.82, 2.24) is 19.7 Å². The molecule has 0 radical (unpaired) electrons. The van der Waals surface area contributed by atoms with Crippen molar-refractivity contribution in [2.24, 2.45) is 7.05 Å². The lowest BCUT2D eigenvalue weighted by Gasteiger charge is -2.19. The minimum Gasteiger partial charge on any atom is -0.277 e. The van der Waals surface area contributed by atoms with Crippen molar-refractivity contribution in [1.29, 1.82) is 0 Å². The van der Waals surface area contributed by atoms with Gasteiger partial charge in [0.1, 0.15) is 17.0 Å². The van der Waals surface area contributed by atoms with E-state index in [1.807, 2.05) is 6.07 Å². The maximum Gasteiger partial charge on any atom is 0.278 e. The predicted molar refractivity (Wildman–Crippen MR) is 102 cm³/mol. The Morgan fingerprint density at radius 2 is 2.07 bits per heavy atom. The van der Waals surface area contributed by atoms with E-state index >= 15 is 0 Å². The zero-order valence-electron chi connectivity index (χ0n) is 15.1. The van der Waals surface area contributed by atoms with Gasteiger partial charge in [0, 0.05) is 19.3 Å². The van der Waals surface area contributed by atoms with Crippen LogP contribution in [0.1, 0.15) is 21.9 Å². The lowest BCUT2D eigenvalue weighted by Crippen LogP contribution is -2.32. The summed E-state index contributed by atoms with van der Waals surface area (Å²) in [4.78, 5) is 23.2. The number of anilines is 1. The molecule has 142 valence electrons. The SMILES string of the molecule is Cc1cc(C(=O)N(Cc2ccccn2)c2nc3c(F)cc(F)cc3s2)n(C)n1. The van der Waals surface area contributed by atoms with E-state index in [-0.39, 0.29) is 23.1 Å². The molecule has 0 fully saturated rings. The van der Waals surface area contributed by atoms with Gasteiger partial charge in [-0.1, -0.05) is 17.4 Å². The topological polar surface area (TPSA) is 63.9 Å². The molecule has 6 nitrogen and oxygen atoms in total. The minimum absolute atomic E-state index is 0.0291. The summed E-state index contributed by atoms with van der Waals surface area (Å²) in [6, 6.07) is 9.02. The third-order valence-electron chi connectivity index (χ3n) is 4.15. The molecule has 0 atom stereocenters. The number of benzene rings is 1. The van der Waals surface area contributed by atoms with E-state index in [2.05, 4.69) is 15.1 Å². The molecule has 28 heavy (non-hydrogen) atoms. The lowest BCUT2D eigenvalue weighted by molar-refractivity contribution is 0.0975. The Morgan fingerprint density at radius 3 is 2.75 bits per heavy atom. The summed E-state index contributed by atoms with van der Waals surface area (Å²) in [5.41, 5.74) is 1.72. The molecule has 0 aliphatic heterocycles. The number of hydrogen-bond acceptors (Lipinski definition) is 5. The Morgan fingerprint density at radius 1 is 1.25 bits per heavy atom. The number of halogens is 2. The molecular weight excluding hydrogens is 384 g/mol. The van der Waals surface area contributed by atoms with Gasteiger partial charge in [0.2, 0.25) is 0 Å². The number of hydrogen-bond donors (Lipinski definition) is 0. The highest BCUT2D eigenvalue weighted by atomic mass is 32.1. The van der Waals surface area contributed by atoms with Gasteiger partial charge in [-0.05, 0) is 31.2 Å². The molecule has 0 N–H and O–H groups in total. The van der Waals surface area contributed by atoms with Crippen LogP contribution in [0.3, 0.4) is 0 Å². The molecule has 0 saturated carbocycles. The highest BCUT2D eigenvalue weighted by Gasteiger charge is 2.25. The molecule has 1 aromatic carbocycles. The minimum atomic E-state index is -0.765. The fourth-order valence-corrected chi connectivity index (χ4v) is 3.89. The number of carbonyl (C=O) groups is 1. The summed E-state index contributed by atoms with van der Waals surface area (Å²) in [5.74, 6) is -1.81. The van der Waals surface area contributed by atoms with Gasteiger partial charge in [-0.3, -0.25) is 19.4 Å². The summed E-state index contributed by atoms with van der Waals surface area (Å²) in [6.45, 7) is 1.92. The Kier molecular flexibility index (Phi) is 4.60. The predicted octanol–water partition coefficient (Wildman–Crippen LogP) is 3.86. The fraction of sp³-hybridized carbons (Fsp3) is 0.158. The number of aromatic nitrogens is 4.